The number of nitrogens with zero attached hydrogens (tertiary/aromatic N) is 3. The van der Waals surface area contributed by atoms with Crippen LogP contribution in [0.1, 0.15) is 30.0 Å². The van der Waals surface area contributed by atoms with Gasteiger partial charge in [-0.1, -0.05) is 6.07 Å². The molecule has 0 bridgehead atoms. The molecule has 0 aliphatic carbocycles. The zero-order valence-corrected chi connectivity index (χ0v) is 14.1. The Kier molecular flexibility index (Phi) is 4.57. The van der Waals surface area contributed by atoms with Gasteiger partial charge in [0.2, 0.25) is 0 Å². The summed E-state index contributed by atoms with van der Waals surface area (Å²) in [5, 5.41) is 15.4. The molecule has 1 unspecified atom stereocenters. The van der Waals surface area contributed by atoms with E-state index in [9.17, 15) is 18.0 Å². The number of halogens is 3. The summed E-state index contributed by atoms with van der Waals surface area (Å²) in [6.45, 7) is 1.60. The van der Waals surface area contributed by atoms with Crippen LogP contribution < -0.4 is 10.7 Å². The van der Waals surface area contributed by atoms with E-state index in [2.05, 4.69) is 20.8 Å². The Morgan fingerprint density at radius 3 is 2.78 bits per heavy atom. The molecule has 0 spiro atoms. The molecule has 0 saturated heterocycles. The first-order valence-corrected chi connectivity index (χ1v) is 7.90. The van der Waals surface area contributed by atoms with Crippen LogP contribution in [0.2, 0.25) is 0 Å². The number of benzene rings is 1. The Labute approximate surface area is 152 Å². The van der Waals surface area contributed by atoms with Gasteiger partial charge in [0.15, 0.2) is 0 Å². The minimum atomic E-state index is -4.70. The fourth-order valence-electron chi connectivity index (χ4n) is 2.66. The monoisotopic (exact) mass is 373 g/mol. The number of pyridine rings is 1. The minimum Gasteiger partial charge on any atom is -0.324 e. The summed E-state index contributed by atoms with van der Waals surface area (Å²) in [6, 6.07) is 8.07. The highest BCUT2D eigenvalue weighted by Gasteiger charge is 2.39. The molecule has 9 heteroatoms. The van der Waals surface area contributed by atoms with Crippen molar-refractivity contribution in [3.05, 3.63) is 59.4 Å². The number of carbonyl (C=O) groups is 1. The van der Waals surface area contributed by atoms with Crippen LogP contribution in [0.25, 0.3) is 0 Å². The molecule has 138 valence electrons. The number of hydrogen-bond acceptors (Lipinski definition) is 5. The Morgan fingerprint density at radius 1 is 1.37 bits per heavy atom. The standard InChI is InChI=1S/C18H14F3N5O/c1-17(8-15(25-26-17)12-3-2-6-23-10-12)16(27)24-13-5-4-11(9-22)14(7-13)18(19,20)21/h2-7,10,26H,8H2,1H3,(H,24,27). The van der Waals surface area contributed by atoms with Gasteiger partial charge in [-0.2, -0.15) is 23.5 Å². The van der Waals surface area contributed by atoms with E-state index >= 15 is 0 Å². The SMILES string of the molecule is CC1(C(=O)Nc2ccc(C#N)c(C(F)(F)F)c2)CC(c2cccnc2)=NN1. The smallest absolute Gasteiger partial charge is 0.324 e. The van der Waals surface area contributed by atoms with E-state index in [0.717, 1.165) is 17.7 Å². The van der Waals surface area contributed by atoms with Gasteiger partial charge in [-0.15, -0.1) is 0 Å². The molecule has 2 aromatic rings. The first-order valence-electron chi connectivity index (χ1n) is 7.90. The van der Waals surface area contributed by atoms with Gasteiger partial charge in [-0.3, -0.25) is 15.2 Å². The van der Waals surface area contributed by atoms with Gasteiger partial charge in [0.25, 0.3) is 5.91 Å². The topological polar surface area (TPSA) is 90.2 Å². The van der Waals surface area contributed by atoms with Gasteiger partial charge in [0.1, 0.15) is 5.54 Å². The molecule has 0 saturated carbocycles. The van der Waals surface area contributed by atoms with Crippen LogP contribution in [0.3, 0.4) is 0 Å². The lowest BCUT2D eigenvalue weighted by Gasteiger charge is -2.23. The zero-order valence-electron chi connectivity index (χ0n) is 14.1. The van der Waals surface area contributed by atoms with Gasteiger partial charge >= 0.3 is 6.18 Å². The van der Waals surface area contributed by atoms with Crippen LogP contribution in [-0.4, -0.2) is 22.1 Å². The van der Waals surface area contributed by atoms with E-state index in [4.69, 9.17) is 5.26 Å². The molecule has 1 aromatic carbocycles. The van der Waals surface area contributed by atoms with Crippen molar-refractivity contribution in [1.29, 1.82) is 5.26 Å². The summed E-state index contributed by atoms with van der Waals surface area (Å²) in [5.74, 6) is -0.539. The van der Waals surface area contributed by atoms with Gasteiger partial charge in [-0.05, 0) is 31.2 Å². The summed E-state index contributed by atoms with van der Waals surface area (Å²) in [4.78, 5) is 16.6. The van der Waals surface area contributed by atoms with Crippen molar-refractivity contribution < 1.29 is 18.0 Å². The number of amides is 1. The van der Waals surface area contributed by atoms with Crippen LogP contribution >= 0.6 is 0 Å². The second-order valence-corrected chi connectivity index (χ2v) is 6.24. The van der Waals surface area contributed by atoms with E-state index in [-0.39, 0.29) is 12.1 Å². The fraction of sp³-hybridized carbons (Fsp3) is 0.222. The van der Waals surface area contributed by atoms with Crippen LogP contribution in [-0.2, 0) is 11.0 Å². The molecule has 1 aliphatic rings. The summed E-state index contributed by atoms with van der Waals surface area (Å²) < 4.78 is 39.2. The number of hydrogen-bond donors (Lipinski definition) is 2. The molecule has 0 radical (unpaired) electrons. The summed E-state index contributed by atoms with van der Waals surface area (Å²) >= 11 is 0. The maximum atomic E-state index is 13.1. The maximum Gasteiger partial charge on any atom is 0.417 e. The van der Waals surface area contributed by atoms with Gasteiger partial charge in [0, 0.05) is 30.1 Å². The third kappa shape index (κ3) is 3.74. The number of nitriles is 1. The van der Waals surface area contributed by atoms with Crippen LogP contribution in [0.4, 0.5) is 18.9 Å². The lowest BCUT2D eigenvalue weighted by Crippen LogP contribution is -2.47. The normalized spacial score (nSPS) is 19.0. The third-order valence-corrected chi connectivity index (χ3v) is 4.16. The predicted octanol–water partition coefficient (Wildman–Crippen LogP) is 3.07. The summed E-state index contributed by atoms with van der Waals surface area (Å²) in [5.41, 5.74) is 1.33. The molecule has 0 fully saturated rings. The number of aromatic nitrogens is 1. The Balaban J connectivity index is 1.78. The largest absolute Gasteiger partial charge is 0.417 e. The Morgan fingerprint density at radius 2 is 2.15 bits per heavy atom. The number of hydrazone groups is 1. The van der Waals surface area contributed by atoms with Crippen molar-refractivity contribution >= 4 is 17.3 Å². The number of carbonyl (C=O) groups excluding carboxylic acids is 1. The van der Waals surface area contributed by atoms with Crippen molar-refractivity contribution in [3.63, 3.8) is 0 Å². The van der Waals surface area contributed by atoms with Crippen molar-refractivity contribution in [2.45, 2.75) is 25.1 Å². The van der Waals surface area contributed by atoms with Gasteiger partial charge in [0.05, 0.1) is 22.9 Å². The van der Waals surface area contributed by atoms with Gasteiger partial charge in [-0.25, -0.2) is 0 Å². The Bertz CT molecular complexity index is 950. The van der Waals surface area contributed by atoms with E-state index in [1.807, 2.05) is 0 Å². The van der Waals surface area contributed by atoms with E-state index in [1.54, 1.807) is 31.5 Å². The minimum absolute atomic E-state index is 0.0517. The van der Waals surface area contributed by atoms with E-state index in [1.165, 1.54) is 12.1 Å². The maximum absolute atomic E-state index is 13.1. The van der Waals surface area contributed by atoms with Crippen molar-refractivity contribution in [3.8, 4) is 6.07 Å². The van der Waals surface area contributed by atoms with Gasteiger partial charge < -0.3 is 5.32 Å². The molecule has 3 rings (SSSR count). The Hall–Kier alpha value is -3.41. The molecule has 2 heterocycles. The molecule has 1 atom stereocenters. The quantitative estimate of drug-likeness (QED) is 0.865. The number of rotatable bonds is 3. The molecule has 1 aromatic heterocycles. The summed E-state index contributed by atoms with van der Waals surface area (Å²) in [6.07, 6.45) is -1.23. The fourth-order valence-corrected chi connectivity index (χ4v) is 2.66. The average molecular weight is 373 g/mol. The zero-order chi connectivity index (χ0) is 19.7. The molecule has 1 amide bonds. The van der Waals surface area contributed by atoms with Crippen LogP contribution in [0.5, 0.6) is 0 Å². The van der Waals surface area contributed by atoms with Crippen LogP contribution in [0, 0.1) is 11.3 Å². The van der Waals surface area contributed by atoms with E-state index in [0.29, 0.717) is 5.71 Å². The molecule has 27 heavy (non-hydrogen) atoms. The number of alkyl halides is 3. The summed E-state index contributed by atoms with van der Waals surface area (Å²) in [7, 11) is 0. The molecular formula is C18H14F3N5O. The second-order valence-electron chi connectivity index (χ2n) is 6.24. The lowest BCUT2D eigenvalue weighted by molar-refractivity contribution is -0.137. The first-order chi connectivity index (χ1) is 12.7. The van der Waals surface area contributed by atoms with Crippen molar-refractivity contribution in [2.75, 3.05) is 5.32 Å². The highest BCUT2D eigenvalue weighted by atomic mass is 19.4. The average Bonchev–Trinajstić information content (AvgIpc) is 3.05. The second kappa shape index (κ2) is 6.72. The highest BCUT2D eigenvalue weighted by Crippen LogP contribution is 2.34. The molecular weight excluding hydrogens is 359 g/mol. The predicted molar refractivity (Wildman–Crippen MR) is 91.7 cm³/mol. The number of nitrogens with one attached hydrogen (secondary N) is 2. The first kappa shape index (κ1) is 18.4. The third-order valence-electron chi connectivity index (χ3n) is 4.16. The number of anilines is 1. The molecule has 2 N–H and O–H groups in total. The van der Waals surface area contributed by atoms with Crippen LogP contribution in [0.15, 0.2) is 47.8 Å². The molecule has 1 aliphatic heterocycles. The van der Waals surface area contributed by atoms with E-state index < -0.39 is 28.7 Å². The van der Waals surface area contributed by atoms with Crippen molar-refractivity contribution in [1.82, 2.24) is 10.4 Å². The lowest BCUT2D eigenvalue weighted by atomic mass is 9.93. The molecule has 6 nitrogen and oxygen atoms in total. The highest BCUT2D eigenvalue weighted by molar-refractivity contribution is 6.08. The van der Waals surface area contributed by atoms with Crippen molar-refractivity contribution in [2.24, 2.45) is 5.10 Å².